The lowest BCUT2D eigenvalue weighted by atomic mass is 10.2. The van der Waals surface area contributed by atoms with Gasteiger partial charge in [0.25, 0.3) is 0 Å². The number of hydrogen-bond acceptors (Lipinski definition) is 3. The van der Waals surface area contributed by atoms with Gasteiger partial charge in [0.2, 0.25) is 0 Å². The zero-order valence-electron chi connectivity index (χ0n) is 9.25. The number of aromatic nitrogens is 1. The molecular weight excluding hydrogens is 174 g/mol. The van der Waals surface area contributed by atoms with Gasteiger partial charge in [0.05, 0.1) is 0 Å². The molecule has 3 nitrogen and oxygen atoms in total. The Morgan fingerprint density at radius 1 is 1.50 bits per heavy atom. The van der Waals surface area contributed by atoms with Crippen molar-refractivity contribution in [3.05, 3.63) is 29.6 Å². The smallest absolute Gasteiger partial charge is 0.0375 e. The lowest BCUT2D eigenvalue weighted by Gasteiger charge is -2.16. The van der Waals surface area contributed by atoms with Crippen LogP contribution < -0.4 is 5.32 Å². The summed E-state index contributed by atoms with van der Waals surface area (Å²) in [5, 5.41) is 3.14. The average Bonchev–Trinajstić information content (AvgIpc) is 2.15. The summed E-state index contributed by atoms with van der Waals surface area (Å²) in [5.41, 5.74) is 2.42. The van der Waals surface area contributed by atoms with E-state index in [2.05, 4.69) is 34.4 Å². The van der Waals surface area contributed by atoms with E-state index in [1.807, 2.05) is 20.2 Å². The average molecular weight is 193 g/mol. The van der Waals surface area contributed by atoms with Crippen LogP contribution in [0.25, 0.3) is 0 Å². The topological polar surface area (TPSA) is 28.2 Å². The zero-order valence-corrected chi connectivity index (χ0v) is 9.25. The lowest BCUT2D eigenvalue weighted by Crippen LogP contribution is -2.26. The van der Waals surface area contributed by atoms with Crippen LogP contribution in [-0.2, 0) is 6.54 Å². The summed E-state index contributed by atoms with van der Waals surface area (Å²) in [5.74, 6) is 0. The first-order valence-electron chi connectivity index (χ1n) is 4.97. The summed E-state index contributed by atoms with van der Waals surface area (Å²) in [6, 6.07) is 4.21. The molecule has 0 aliphatic carbocycles. The highest BCUT2D eigenvalue weighted by Crippen LogP contribution is 2.03. The first kappa shape index (κ1) is 11.1. The number of aryl methyl sites for hydroxylation is 1. The summed E-state index contributed by atoms with van der Waals surface area (Å²) >= 11 is 0. The van der Waals surface area contributed by atoms with Crippen molar-refractivity contribution < 1.29 is 0 Å². The maximum Gasteiger partial charge on any atom is 0.0375 e. The first-order chi connectivity index (χ1) is 6.72. The van der Waals surface area contributed by atoms with Crippen molar-refractivity contribution in [1.29, 1.82) is 0 Å². The number of hydrogen-bond donors (Lipinski definition) is 1. The minimum Gasteiger partial charge on any atom is -0.318 e. The monoisotopic (exact) mass is 193 g/mol. The van der Waals surface area contributed by atoms with Gasteiger partial charge < -0.3 is 10.2 Å². The third-order valence-electron chi connectivity index (χ3n) is 2.16. The second-order valence-corrected chi connectivity index (χ2v) is 3.65. The van der Waals surface area contributed by atoms with Crippen molar-refractivity contribution in [2.75, 3.05) is 27.2 Å². The van der Waals surface area contributed by atoms with Crippen LogP contribution >= 0.6 is 0 Å². The van der Waals surface area contributed by atoms with Gasteiger partial charge in [0.15, 0.2) is 0 Å². The molecular formula is C11H19N3. The van der Waals surface area contributed by atoms with E-state index < -0.39 is 0 Å². The van der Waals surface area contributed by atoms with Crippen LogP contribution in [0.5, 0.6) is 0 Å². The van der Waals surface area contributed by atoms with Gasteiger partial charge >= 0.3 is 0 Å². The van der Waals surface area contributed by atoms with Crippen molar-refractivity contribution >= 4 is 0 Å². The molecule has 1 N–H and O–H groups in total. The Hall–Kier alpha value is -0.930. The van der Waals surface area contributed by atoms with Crippen LogP contribution in [0.2, 0.25) is 0 Å². The summed E-state index contributed by atoms with van der Waals surface area (Å²) < 4.78 is 0. The van der Waals surface area contributed by atoms with Gasteiger partial charge in [-0.2, -0.15) is 0 Å². The molecule has 0 saturated heterocycles. The molecule has 0 fully saturated rings. The van der Waals surface area contributed by atoms with E-state index >= 15 is 0 Å². The standard InChI is InChI=1S/C11H19N3/c1-10-8-11(4-5-13-10)9-14(3)7-6-12-2/h4-5,8,12H,6-7,9H2,1-3H3. The van der Waals surface area contributed by atoms with Crippen LogP contribution in [0.4, 0.5) is 0 Å². The molecule has 14 heavy (non-hydrogen) atoms. The van der Waals surface area contributed by atoms with Gasteiger partial charge in [-0.1, -0.05) is 0 Å². The molecule has 1 aromatic heterocycles. The number of nitrogens with one attached hydrogen (secondary N) is 1. The molecule has 0 bridgehead atoms. The molecule has 0 aromatic carbocycles. The first-order valence-corrected chi connectivity index (χ1v) is 4.97. The molecule has 0 unspecified atom stereocenters. The molecule has 0 saturated carbocycles. The third-order valence-corrected chi connectivity index (χ3v) is 2.16. The second kappa shape index (κ2) is 5.73. The lowest BCUT2D eigenvalue weighted by molar-refractivity contribution is 0.328. The van der Waals surface area contributed by atoms with Crippen molar-refractivity contribution in [1.82, 2.24) is 15.2 Å². The predicted molar refractivity (Wildman–Crippen MR) is 59.2 cm³/mol. The Balaban J connectivity index is 2.43. The fourth-order valence-corrected chi connectivity index (χ4v) is 1.40. The SMILES string of the molecule is CNCCN(C)Cc1ccnc(C)c1. The van der Waals surface area contributed by atoms with Crippen LogP contribution in [0.15, 0.2) is 18.3 Å². The minimum atomic E-state index is 0.991. The van der Waals surface area contributed by atoms with E-state index in [-0.39, 0.29) is 0 Å². The minimum absolute atomic E-state index is 0.991. The summed E-state index contributed by atoms with van der Waals surface area (Å²) in [4.78, 5) is 6.48. The Morgan fingerprint density at radius 3 is 2.93 bits per heavy atom. The Kier molecular flexibility index (Phi) is 4.56. The Labute approximate surface area is 86.2 Å². The largest absolute Gasteiger partial charge is 0.318 e. The predicted octanol–water partition coefficient (Wildman–Crippen LogP) is 1.04. The summed E-state index contributed by atoms with van der Waals surface area (Å²) in [6.45, 7) is 5.11. The van der Waals surface area contributed by atoms with Crippen LogP contribution in [-0.4, -0.2) is 37.1 Å². The zero-order chi connectivity index (χ0) is 10.4. The molecule has 78 valence electrons. The van der Waals surface area contributed by atoms with Crippen LogP contribution in [0.3, 0.4) is 0 Å². The maximum absolute atomic E-state index is 4.18. The van der Waals surface area contributed by atoms with Crippen molar-refractivity contribution in [2.45, 2.75) is 13.5 Å². The van der Waals surface area contributed by atoms with Gasteiger partial charge in [-0.05, 0) is 38.7 Å². The number of nitrogens with zero attached hydrogens (tertiary/aromatic N) is 2. The summed E-state index contributed by atoms with van der Waals surface area (Å²) in [7, 11) is 4.11. The van der Waals surface area contributed by atoms with E-state index in [0.29, 0.717) is 0 Å². The number of rotatable bonds is 5. The van der Waals surface area contributed by atoms with Gasteiger partial charge in [-0.15, -0.1) is 0 Å². The van der Waals surface area contributed by atoms with E-state index in [1.54, 1.807) is 0 Å². The van der Waals surface area contributed by atoms with Crippen LogP contribution in [0, 0.1) is 6.92 Å². The van der Waals surface area contributed by atoms with E-state index in [0.717, 1.165) is 25.3 Å². The fourth-order valence-electron chi connectivity index (χ4n) is 1.40. The van der Waals surface area contributed by atoms with E-state index in [1.165, 1.54) is 5.56 Å². The molecule has 0 atom stereocenters. The molecule has 0 aliphatic rings. The molecule has 0 radical (unpaired) electrons. The molecule has 0 aliphatic heterocycles. The Bertz CT molecular complexity index is 273. The third kappa shape index (κ3) is 3.85. The maximum atomic E-state index is 4.18. The van der Waals surface area contributed by atoms with Crippen LogP contribution in [0.1, 0.15) is 11.3 Å². The molecule has 0 spiro atoms. The summed E-state index contributed by atoms with van der Waals surface area (Å²) in [6.07, 6.45) is 1.87. The fraction of sp³-hybridized carbons (Fsp3) is 0.545. The van der Waals surface area contributed by atoms with E-state index in [4.69, 9.17) is 0 Å². The number of pyridine rings is 1. The molecule has 1 heterocycles. The quantitative estimate of drug-likeness (QED) is 0.757. The van der Waals surface area contributed by atoms with Crippen molar-refractivity contribution in [3.63, 3.8) is 0 Å². The van der Waals surface area contributed by atoms with Crippen molar-refractivity contribution in [3.8, 4) is 0 Å². The van der Waals surface area contributed by atoms with Gasteiger partial charge in [-0.3, -0.25) is 4.98 Å². The highest BCUT2D eigenvalue weighted by molar-refractivity contribution is 5.14. The number of likely N-dealkylation sites (N-methyl/N-ethyl adjacent to an activating group) is 2. The highest BCUT2D eigenvalue weighted by Gasteiger charge is 1.99. The van der Waals surface area contributed by atoms with E-state index in [9.17, 15) is 0 Å². The normalized spacial score (nSPS) is 10.9. The Morgan fingerprint density at radius 2 is 2.29 bits per heavy atom. The highest BCUT2D eigenvalue weighted by atomic mass is 15.1. The molecule has 3 heteroatoms. The van der Waals surface area contributed by atoms with Gasteiger partial charge in [0, 0.05) is 31.5 Å². The molecule has 1 aromatic rings. The second-order valence-electron chi connectivity index (χ2n) is 3.65. The van der Waals surface area contributed by atoms with Crippen molar-refractivity contribution in [2.24, 2.45) is 0 Å². The van der Waals surface area contributed by atoms with Gasteiger partial charge in [0.1, 0.15) is 0 Å². The molecule has 0 amide bonds. The van der Waals surface area contributed by atoms with Gasteiger partial charge in [-0.25, -0.2) is 0 Å². The molecule has 1 rings (SSSR count).